The summed E-state index contributed by atoms with van der Waals surface area (Å²) in [4.78, 5) is 3.16. The van der Waals surface area contributed by atoms with Gasteiger partial charge in [0.05, 0.1) is 6.26 Å². The van der Waals surface area contributed by atoms with E-state index in [2.05, 4.69) is 14.7 Å². The molecule has 11 heteroatoms. The molecule has 0 aliphatic heterocycles. The second-order valence-corrected chi connectivity index (χ2v) is 6.90. The first-order valence-corrected chi connectivity index (χ1v) is 8.52. The van der Waals surface area contributed by atoms with Crippen LogP contribution in [0.4, 0.5) is 17.6 Å². The predicted molar refractivity (Wildman–Crippen MR) is 75.6 cm³/mol. The van der Waals surface area contributed by atoms with Crippen molar-refractivity contribution in [2.45, 2.75) is 19.6 Å². The first-order chi connectivity index (χ1) is 11.0. The molecule has 24 heavy (non-hydrogen) atoms. The second kappa shape index (κ2) is 6.48. The maximum absolute atomic E-state index is 14.1. The fraction of sp³-hybridized carbons (Fsp3) is 0.385. The molecule has 1 heterocycles. The Hall–Kier alpha value is -2.01. The third-order valence-corrected chi connectivity index (χ3v) is 4.47. The van der Waals surface area contributed by atoms with Crippen LogP contribution >= 0.6 is 0 Å². The Morgan fingerprint density at radius 3 is 2.42 bits per heavy atom. The number of hydrogen-bond acceptors (Lipinski definition) is 5. The van der Waals surface area contributed by atoms with Gasteiger partial charge in [0.15, 0.2) is 0 Å². The van der Waals surface area contributed by atoms with Crippen LogP contribution in [0.25, 0.3) is 11.4 Å². The SMILES string of the molecule is CCN(Cc1ccc(-c2noc(C(F)(F)F)n2)cc1F)S(C)(=O)=O. The second-order valence-electron chi connectivity index (χ2n) is 4.92. The molecule has 2 aromatic rings. The summed E-state index contributed by atoms with van der Waals surface area (Å²) in [5.74, 6) is -2.73. The van der Waals surface area contributed by atoms with Crippen LogP contribution in [0, 0.1) is 5.82 Å². The van der Waals surface area contributed by atoms with Crippen LogP contribution in [0.5, 0.6) is 0 Å². The summed E-state index contributed by atoms with van der Waals surface area (Å²) in [5.41, 5.74) is 0.0588. The Labute approximate surface area is 135 Å². The van der Waals surface area contributed by atoms with Gasteiger partial charge >= 0.3 is 12.1 Å². The van der Waals surface area contributed by atoms with Gasteiger partial charge < -0.3 is 4.52 Å². The average molecular weight is 367 g/mol. The van der Waals surface area contributed by atoms with E-state index in [1.165, 1.54) is 12.1 Å². The number of aromatic nitrogens is 2. The van der Waals surface area contributed by atoms with Crippen molar-refractivity contribution in [3.63, 3.8) is 0 Å². The number of halogens is 4. The first-order valence-electron chi connectivity index (χ1n) is 6.67. The third-order valence-electron chi connectivity index (χ3n) is 3.15. The Morgan fingerprint density at radius 2 is 1.96 bits per heavy atom. The van der Waals surface area contributed by atoms with E-state index in [4.69, 9.17) is 0 Å². The lowest BCUT2D eigenvalue weighted by atomic mass is 10.1. The van der Waals surface area contributed by atoms with Crippen molar-refractivity contribution in [2.75, 3.05) is 12.8 Å². The molecule has 0 fully saturated rings. The number of alkyl halides is 3. The van der Waals surface area contributed by atoms with Gasteiger partial charge in [-0.25, -0.2) is 12.8 Å². The molecular weight excluding hydrogens is 354 g/mol. The highest BCUT2D eigenvalue weighted by molar-refractivity contribution is 7.88. The van der Waals surface area contributed by atoms with Gasteiger partial charge in [-0.2, -0.15) is 22.5 Å². The van der Waals surface area contributed by atoms with E-state index >= 15 is 0 Å². The lowest BCUT2D eigenvalue weighted by Gasteiger charge is -2.18. The fourth-order valence-electron chi connectivity index (χ4n) is 1.92. The van der Waals surface area contributed by atoms with E-state index < -0.39 is 33.7 Å². The maximum atomic E-state index is 14.1. The van der Waals surface area contributed by atoms with Crippen molar-refractivity contribution >= 4 is 10.0 Å². The van der Waals surface area contributed by atoms with E-state index in [1.807, 2.05) is 0 Å². The van der Waals surface area contributed by atoms with Crippen molar-refractivity contribution in [2.24, 2.45) is 0 Å². The van der Waals surface area contributed by atoms with Crippen molar-refractivity contribution in [3.05, 3.63) is 35.5 Å². The number of nitrogens with zero attached hydrogens (tertiary/aromatic N) is 3. The van der Waals surface area contributed by atoms with E-state index in [9.17, 15) is 26.0 Å². The minimum atomic E-state index is -4.79. The molecule has 0 saturated carbocycles. The predicted octanol–water partition coefficient (Wildman–Crippen LogP) is 2.68. The Kier molecular flexibility index (Phi) is 4.95. The molecule has 0 saturated heterocycles. The molecule has 132 valence electrons. The molecule has 1 aromatic carbocycles. The van der Waals surface area contributed by atoms with Crippen LogP contribution in [0.15, 0.2) is 22.7 Å². The summed E-state index contributed by atoms with van der Waals surface area (Å²) in [5, 5.41) is 3.16. The molecule has 0 N–H and O–H groups in total. The first kappa shape index (κ1) is 18.3. The van der Waals surface area contributed by atoms with Crippen molar-refractivity contribution in [1.82, 2.24) is 14.4 Å². The van der Waals surface area contributed by atoms with Crippen molar-refractivity contribution < 1.29 is 30.5 Å². The van der Waals surface area contributed by atoms with E-state index in [1.54, 1.807) is 6.92 Å². The van der Waals surface area contributed by atoms with Crippen LogP contribution in [-0.4, -0.2) is 35.7 Å². The minimum absolute atomic E-state index is 0.0158. The number of benzene rings is 1. The van der Waals surface area contributed by atoms with Crippen LogP contribution in [0.2, 0.25) is 0 Å². The molecule has 0 amide bonds. The summed E-state index contributed by atoms with van der Waals surface area (Å²) in [6.07, 6.45) is -3.79. The molecule has 6 nitrogen and oxygen atoms in total. The van der Waals surface area contributed by atoms with Crippen molar-refractivity contribution in [3.8, 4) is 11.4 Å². The molecule has 0 radical (unpaired) electrons. The third kappa shape index (κ3) is 4.09. The van der Waals surface area contributed by atoms with Crippen LogP contribution in [0.1, 0.15) is 18.4 Å². The largest absolute Gasteiger partial charge is 0.471 e. The zero-order valence-electron chi connectivity index (χ0n) is 12.6. The fourth-order valence-corrected chi connectivity index (χ4v) is 2.77. The monoisotopic (exact) mass is 367 g/mol. The molecule has 0 aliphatic carbocycles. The summed E-state index contributed by atoms with van der Waals surface area (Å²) < 4.78 is 79.6. The van der Waals surface area contributed by atoms with Crippen molar-refractivity contribution in [1.29, 1.82) is 0 Å². The molecule has 0 unspecified atom stereocenters. The number of rotatable bonds is 5. The van der Waals surface area contributed by atoms with Gasteiger partial charge in [0.2, 0.25) is 15.8 Å². The molecule has 2 rings (SSSR count). The van der Waals surface area contributed by atoms with Gasteiger partial charge in [0.25, 0.3) is 0 Å². The number of hydrogen-bond donors (Lipinski definition) is 0. The van der Waals surface area contributed by atoms with Crippen LogP contribution in [-0.2, 0) is 22.7 Å². The normalized spacial score (nSPS) is 12.8. The van der Waals surface area contributed by atoms with Gasteiger partial charge in [0, 0.05) is 24.2 Å². The highest BCUT2D eigenvalue weighted by Crippen LogP contribution is 2.29. The van der Waals surface area contributed by atoms with Gasteiger partial charge in [-0.3, -0.25) is 0 Å². The summed E-state index contributed by atoms with van der Waals surface area (Å²) in [6.45, 7) is 1.56. The van der Waals surface area contributed by atoms with Gasteiger partial charge in [0.1, 0.15) is 5.82 Å². The molecule has 0 spiro atoms. The lowest BCUT2D eigenvalue weighted by Crippen LogP contribution is -2.29. The highest BCUT2D eigenvalue weighted by atomic mass is 32.2. The minimum Gasteiger partial charge on any atom is -0.329 e. The van der Waals surface area contributed by atoms with Crippen LogP contribution in [0.3, 0.4) is 0 Å². The smallest absolute Gasteiger partial charge is 0.329 e. The van der Waals surface area contributed by atoms with E-state index in [-0.39, 0.29) is 24.2 Å². The average Bonchev–Trinajstić information content (AvgIpc) is 2.94. The van der Waals surface area contributed by atoms with E-state index in [0.717, 1.165) is 16.6 Å². The molecule has 0 aliphatic rings. The maximum Gasteiger partial charge on any atom is 0.471 e. The van der Waals surface area contributed by atoms with Gasteiger partial charge in [-0.1, -0.05) is 24.2 Å². The topological polar surface area (TPSA) is 76.3 Å². The quantitative estimate of drug-likeness (QED) is 0.760. The van der Waals surface area contributed by atoms with Gasteiger partial charge in [-0.05, 0) is 6.07 Å². The Balaban J connectivity index is 2.28. The van der Waals surface area contributed by atoms with Gasteiger partial charge in [-0.15, -0.1) is 0 Å². The summed E-state index contributed by atoms with van der Waals surface area (Å²) >= 11 is 0. The zero-order chi connectivity index (χ0) is 18.1. The molecular formula is C13H13F4N3O3S. The lowest BCUT2D eigenvalue weighted by molar-refractivity contribution is -0.159. The Morgan fingerprint density at radius 1 is 1.29 bits per heavy atom. The Bertz CT molecular complexity index is 833. The number of sulfonamides is 1. The highest BCUT2D eigenvalue weighted by Gasteiger charge is 2.38. The zero-order valence-corrected chi connectivity index (χ0v) is 13.4. The van der Waals surface area contributed by atoms with E-state index in [0.29, 0.717) is 0 Å². The standard InChI is InChI=1S/C13H13F4N3O3S/c1-3-20(24(2,21)22)7-9-5-4-8(6-10(9)14)11-18-12(23-19-11)13(15,16)17/h4-6H,3,7H2,1-2H3. The molecule has 0 bridgehead atoms. The molecule has 0 atom stereocenters. The summed E-state index contributed by atoms with van der Waals surface area (Å²) in [6, 6.07) is 3.48. The molecule has 1 aromatic heterocycles. The summed E-state index contributed by atoms with van der Waals surface area (Å²) in [7, 11) is -3.50. The van der Waals surface area contributed by atoms with Crippen LogP contribution < -0.4 is 0 Å².